The molecular weight excluding hydrogens is 240 g/mol. The van der Waals surface area contributed by atoms with Crippen molar-refractivity contribution < 1.29 is 9.53 Å². The topological polar surface area (TPSA) is 64.4 Å². The van der Waals surface area contributed by atoms with Crippen molar-refractivity contribution in [2.45, 2.75) is 64.3 Å². The van der Waals surface area contributed by atoms with Crippen LogP contribution in [0.4, 0.5) is 0 Å². The first-order valence-corrected chi connectivity index (χ1v) is 7.68. The van der Waals surface area contributed by atoms with Crippen LogP contribution < -0.4 is 11.1 Å². The van der Waals surface area contributed by atoms with E-state index >= 15 is 0 Å². The lowest BCUT2D eigenvalue weighted by atomic mass is 9.92. The molecule has 0 saturated carbocycles. The molecule has 0 bridgehead atoms. The summed E-state index contributed by atoms with van der Waals surface area (Å²) in [6.45, 7) is 6.44. The third-order valence-electron chi connectivity index (χ3n) is 3.93. The van der Waals surface area contributed by atoms with Crippen LogP contribution in [0, 0.1) is 5.92 Å². The van der Waals surface area contributed by atoms with E-state index in [0.717, 1.165) is 45.3 Å². The van der Waals surface area contributed by atoms with Gasteiger partial charge in [0, 0.05) is 13.0 Å². The van der Waals surface area contributed by atoms with E-state index in [2.05, 4.69) is 19.2 Å². The number of nitrogens with two attached hydrogens (primary N) is 1. The Hall–Kier alpha value is -0.610. The summed E-state index contributed by atoms with van der Waals surface area (Å²) >= 11 is 0. The molecule has 112 valence electrons. The van der Waals surface area contributed by atoms with Crippen molar-refractivity contribution in [2.24, 2.45) is 11.7 Å². The Morgan fingerprint density at radius 3 is 2.79 bits per heavy atom. The predicted molar refractivity (Wildman–Crippen MR) is 77.9 cm³/mol. The fourth-order valence-corrected chi connectivity index (χ4v) is 2.84. The normalized spacial score (nSPS) is 25.0. The van der Waals surface area contributed by atoms with Crippen LogP contribution in [0.3, 0.4) is 0 Å². The molecule has 4 nitrogen and oxygen atoms in total. The van der Waals surface area contributed by atoms with Crippen LogP contribution in [0.5, 0.6) is 0 Å². The van der Waals surface area contributed by atoms with Gasteiger partial charge in [0.2, 0.25) is 5.91 Å². The van der Waals surface area contributed by atoms with Crippen molar-refractivity contribution in [2.75, 3.05) is 19.8 Å². The molecule has 3 N–H and O–H groups in total. The van der Waals surface area contributed by atoms with Crippen molar-refractivity contribution in [3.63, 3.8) is 0 Å². The quantitative estimate of drug-likeness (QED) is 0.711. The SMILES string of the molecule is CCCC(CCN)CCC(=O)NC1(C)CCCOC1. The van der Waals surface area contributed by atoms with E-state index in [9.17, 15) is 4.79 Å². The summed E-state index contributed by atoms with van der Waals surface area (Å²) in [6, 6.07) is 0. The Balaban J connectivity index is 2.29. The van der Waals surface area contributed by atoms with Gasteiger partial charge in [-0.2, -0.15) is 0 Å². The molecule has 1 aliphatic rings. The van der Waals surface area contributed by atoms with Crippen LogP contribution in [0.25, 0.3) is 0 Å². The average Bonchev–Trinajstić information content (AvgIpc) is 2.37. The molecule has 1 rings (SSSR count). The third kappa shape index (κ3) is 6.39. The monoisotopic (exact) mass is 270 g/mol. The second-order valence-corrected chi connectivity index (χ2v) is 6.04. The molecule has 1 heterocycles. The van der Waals surface area contributed by atoms with E-state index < -0.39 is 0 Å². The number of nitrogens with one attached hydrogen (secondary N) is 1. The molecule has 4 heteroatoms. The molecule has 0 aromatic rings. The van der Waals surface area contributed by atoms with Gasteiger partial charge in [-0.25, -0.2) is 0 Å². The van der Waals surface area contributed by atoms with Crippen LogP contribution in [0.2, 0.25) is 0 Å². The number of rotatable bonds is 8. The van der Waals surface area contributed by atoms with E-state index in [1.165, 1.54) is 6.42 Å². The standard InChI is InChI=1S/C15H30N2O2/c1-3-5-13(8-10-16)6-7-14(18)17-15(2)9-4-11-19-12-15/h13H,3-12,16H2,1-2H3,(H,17,18). The summed E-state index contributed by atoms with van der Waals surface area (Å²) in [6.07, 6.45) is 6.97. The predicted octanol–water partition coefficient (Wildman–Crippen LogP) is 2.22. The minimum Gasteiger partial charge on any atom is -0.379 e. The van der Waals surface area contributed by atoms with Gasteiger partial charge in [-0.1, -0.05) is 19.8 Å². The largest absolute Gasteiger partial charge is 0.379 e. The zero-order valence-electron chi connectivity index (χ0n) is 12.5. The van der Waals surface area contributed by atoms with Gasteiger partial charge in [-0.3, -0.25) is 4.79 Å². The lowest BCUT2D eigenvalue weighted by Gasteiger charge is -2.34. The summed E-state index contributed by atoms with van der Waals surface area (Å²) in [5, 5.41) is 3.14. The van der Waals surface area contributed by atoms with E-state index in [4.69, 9.17) is 10.5 Å². The molecule has 2 atom stereocenters. The van der Waals surface area contributed by atoms with E-state index in [-0.39, 0.29) is 11.4 Å². The van der Waals surface area contributed by atoms with Gasteiger partial charge < -0.3 is 15.8 Å². The van der Waals surface area contributed by atoms with Crippen molar-refractivity contribution in [3.8, 4) is 0 Å². The zero-order valence-corrected chi connectivity index (χ0v) is 12.5. The van der Waals surface area contributed by atoms with Crippen molar-refractivity contribution in [3.05, 3.63) is 0 Å². The third-order valence-corrected chi connectivity index (χ3v) is 3.93. The van der Waals surface area contributed by atoms with Gasteiger partial charge in [0.25, 0.3) is 0 Å². The minimum absolute atomic E-state index is 0.158. The first-order valence-electron chi connectivity index (χ1n) is 7.68. The van der Waals surface area contributed by atoms with Crippen LogP contribution in [-0.4, -0.2) is 31.2 Å². The molecule has 0 aromatic carbocycles. The molecule has 0 radical (unpaired) electrons. The van der Waals surface area contributed by atoms with Gasteiger partial charge in [0.05, 0.1) is 12.1 Å². The Kier molecular flexibility index (Phi) is 7.39. The average molecular weight is 270 g/mol. The second kappa shape index (κ2) is 8.54. The maximum Gasteiger partial charge on any atom is 0.220 e. The first kappa shape index (κ1) is 16.4. The zero-order chi connectivity index (χ0) is 14.1. The molecule has 0 aromatic heterocycles. The summed E-state index contributed by atoms with van der Waals surface area (Å²) in [5.41, 5.74) is 5.46. The number of carbonyl (C=O) groups is 1. The van der Waals surface area contributed by atoms with Crippen LogP contribution in [-0.2, 0) is 9.53 Å². The molecule has 2 unspecified atom stereocenters. The number of amides is 1. The van der Waals surface area contributed by atoms with Crippen molar-refractivity contribution >= 4 is 5.91 Å². The number of carbonyl (C=O) groups excluding carboxylic acids is 1. The van der Waals surface area contributed by atoms with Gasteiger partial charge in [-0.15, -0.1) is 0 Å². The second-order valence-electron chi connectivity index (χ2n) is 6.04. The molecule has 19 heavy (non-hydrogen) atoms. The lowest BCUT2D eigenvalue weighted by Crippen LogP contribution is -2.51. The molecule has 0 aliphatic carbocycles. The molecule has 1 fully saturated rings. The smallest absolute Gasteiger partial charge is 0.220 e. The summed E-state index contributed by atoms with van der Waals surface area (Å²) < 4.78 is 5.46. The Morgan fingerprint density at radius 1 is 1.42 bits per heavy atom. The minimum atomic E-state index is -0.163. The van der Waals surface area contributed by atoms with Crippen LogP contribution >= 0.6 is 0 Å². The Labute approximate surface area is 117 Å². The highest BCUT2D eigenvalue weighted by Gasteiger charge is 2.29. The lowest BCUT2D eigenvalue weighted by molar-refractivity contribution is -0.125. The van der Waals surface area contributed by atoms with Gasteiger partial charge in [0.1, 0.15) is 0 Å². The maximum absolute atomic E-state index is 12.0. The van der Waals surface area contributed by atoms with Crippen molar-refractivity contribution in [1.29, 1.82) is 0 Å². The molecular formula is C15H30N2O2. The summed E-state index contributed by atoms with van der Waals surface area (Å²) in [5.74, 6) is 0.752. The molecule has 1 saturated heterocycles. The van der Waals surface area contributed by atoms with Crippen LogP contribution in [0.1, 0.15) is 58.8 Å². The fourth-order valence-electron chi connectivity index (χ4n) is 2.84. The number of hydrogen-bond donors (Lipinski definition) is 2. The van der Waals surface area contributed by atoms with E-state index in [1.54, 1.807) is 0 Å². The van der Waals surface area contributed by atoms with Crippen molar-refractivity contribution in [1.82, 2.24) is 5.32 Å². The van der Waals surface area contributed by atoms with Gasteiger partial charge >= 0.3 is 0 Å². The van der Waals surface area contributed by atoms with E-state index in [1.807, 2.05) is 0 Å². The first-order chi connectivity index (χ1) is 9.09. The van der Waals surface area contributed by atoms with Gasteiger partial charge in [0.15, 0.2) is 0 Å². The fraction of sp³-hybridized carbons (Fsp3) is 0.933. The highest BCUT2D eigenvalue weighted by atomic mass is 16.5. The number of ether oxygens (including phenoxy) is 1. The van der Waals surface area contributed by atoms with E-state index in [0.29, 0.717) is 18.9 Å². The highest BCUT2D eigenvalue weighted by Crippen LogP contribution is 2.20. The number of hydrogen-bond acceptors (Lipinski definition) is 3. The Morgan fingerprint density at radius 2 is 2.21 bits per heavy atom. The van der Waals surface area contributed by atoms with Gasteiger partial charge in [-0.05, 0) is 45.1 Å². The summed E-state index contributed by atoms with van der Waals surface area (Å²) in [4.78, 5) is 12.0. The molecule has 1 aliphatic heterocycles. The molecule has 0 spiro atoms. The molecule has 1 amide bonds. The highest BCUT2D eigenvalue weighted by molar-refractivity contribution is 5.76. The van der Waals surface area contributed by atoms with Crippen LogP contribution in [0.15, 0.2) is 0 Å². The maximum atomic E-state index is 12.0. The Bertz CT molecular complexity index is 257. The summed E-state index contributed by atoms with van der Waals surface area (Å²) in [7, 11) is 0.